The van der Waals surface area contributed by atoms with E-state index in [4.69, 9.17) is 10.9 Å². The van der Waals surface area contributed by atoms with Crippen LogP contribution in [-0.2, 0) is 6.42 Å². The standard InChI is InChI=1S/C11H13N3.C9H12.C3H8/c1-3-4-9-7-10(11(12)14-13)6-5-8(9)2;1-3-9-6-4-5-8(2)7-9;1-3-2/h3-7,12-13H,1-2H3;4-7H,3H2,1-2H3;3H2,1-2H3/b4-3-,12-11?,14-13?;;. The van der Waals surface area contributed by atoms with Gasteiger partial charge in [-0.25, -0.2) is 5.53 Å². The van der Waals surface area contributed by atoms with Crippen LogP contribution >= 0.6 is 0 Å². The van der Waals surface area contributed by atoms with Crippen molar-refractivity contribution in [2.45, 2.75) is 54.4 Å². The van der Waals surface area contributed by atoms with Crippen molar-refractivity contribution < 1.29 is 0 Å². The Kier molecular flexibility index (Phi) is 12.4. The van der Waals surface area contributed by atoms with E-state index in [-0.39, 0.29) is 5.84 Å². The van der Waals surface area contributed by atoms with Crippen LogP contribution in [0.5, 0.6) is 0 Å². The summed E-state index contributed by atoms with van der Waals surface area (Å²) >= 11 is 0. The molecule has 0 aliphatic heterocycles. The molecule has 0 saturated heterocycles. The van der Waals surface area contributed by atoms with Crippen LogP contribution in [0.1, 0.15) is 61.9 Å². The fourth-order valence-electron chi connectivity index (χ4n) is 2.14. The smallest absolute Gasteiger partial charge is 0.173 e. The average molecular weight is 352 g/mol. The summed E-state index contributed by atoms with van der Waals surface area (Å²) in [6.07, 6.45) is 6.32. The van der Waals surface area contributed by atoms with Crippen molar-refractivity contribution >= 4 is 11.9 Å². The van der Waals surface area contributed by atoms with E-state index in [0.29, 0.717) is 5.56 Å². The lowest BCUT2D eigenvalue weighted by Gasteiger charge is -2.03. The Morgan fingerprint density at radius 3 is 2.15 bits per heavy atom. The summed E-state index contributed by atoms with van der Waals surface area (Å²) in [4.78, 5) is 0. The van der Waals surface area contributed by atoms with Gasteiger partial charge in [-0.05, 0) is 49.9 Å². The second kappa shape index (κ2) is 13.7. The third-order valence-corrected chi connectivity index (χ3v) is 3.50. The number of hydrogen-bond donors (Lipinski definition) is 2. The zero-order chi connectivity index (χ0) is 19.9. The lowest BCUT2D eigenvalue weighted by atomic mass is 10.0. The van der Waals surface area contributed by atoms with E-state index in [0.717, 1.165) is 17.5 Å². The molecule has 0 atom stereocenters. The van der Waals surface area contributed by atoms with Crippen LogP contribution < -0.4 is 0 Å². The Morgan fingerprint density at radius 2 is 1.69 bits per heavy atom. The van der Waals surface area contributed by atoms with E-state index in [1.807, 2.05) is 44.2 Å². The van der Waals surface area contributed by atoms with Gasteiger partial charge in [-0.2, -0.15) is 0 Å². The second-order valence-electron chi connectivity index (χ2n) is 6.08. The summed E-state index contributed by atoms with van der Waals surface area (Å²) in [6.45, 7) is 12.5. The highest BCUT2D eigenvalue weighted by molar-refractivity contribution is 5.97. The molecular weight excluding hydrogens is 318 g/mol. The van der Waals surface area contributed by atoms with Gasteiger partial charge in [-0.1, -0.05) is 81.3 Å². The van der Waals surface area contributed by atoms with Gasteiger partial charge >= 0.3 is 0 Å². The molecule has 2 aromatic carbocycles. The molecule has 0 unspecified atom stereocenters. The van der Waals surface area contributed by atoms with Crippen LogP contribution in [-0.4, -0.2) is 5.84 Å². The molecule has 2 N–H and O–H groups in total. The highest BCUT2D eigenvalue weighted by atomic mass is 15.0. The van der Waals surface area contributed by atoms with E-state index in [2.05, 4.69) is 57.1 Å². The van der Waals surface area contributed by atoms with E-state index in [1.165, 1.54) is 17.5 Å². The Hall–Kier alpha value is -2.55. The number of nitrogens with one attached hydrogen (secondary N) is 2. The van der Waals surface area contributed by atoms with Gasteiger partial charge < -0.3 is 0 Å². The van der Waals surface area contributed by atoms with Gasteiger partial charge in [0.05, 0.1) is 0 Å². The number of hydrogen-bond acceptors (Lipinski definition) is 2. The van der Waals surface area contributed by atoms with Crippen molar-refractivity contribution in [1.82, 2.24) is 0 Å². The van der Waals surface area contributed by atoms with Gasteiger partial charge in [-0.3, -0.25) is 5.41 Å². The third kappa shape index (κ3) is 9.07. The fraction of sp³-hybridized carbons (Fsp3) is 0.348. The molecule has 0 radical (unpaired) electrons. The Morgan fingerprint density at radius 1 is 1.04 bits per heavy atom. The quantitative estimate of drug-likeness (QED) is 0.330. The summed E-state index contributed by atoms with van der Waals surface area (Å²) in [6, 6.07) is 14.2. The van der Waals surface area contributed by atoms with Gasteiger partial charge in [0.1, 0.15) is 0 Å². The topological polar surface area (TPSA) is 60.1 Å². The molecule has 0 spiro atoms. The summed E-state index contributed by atoms with van der Waals surface area (Å²) in [7, 11) is 0. The summed E-state index contributed by atoms with van der Waals surface area (Å²) in [5.74, 6) is -0.00393. The third-order valence-electron chi connectivity index (χ3n) is 3.50. The van der Waals surface area contributed by atoms with Crippen LogP contribution in [0.25, 0.3) is 6.08 Å². The molecule has 0 bridgehead atoms. The van der Waals surface area contributed by atoms with Crippen molar-refractivity contribution in [2.75, 3.05) is 0 Å². The van der Waals surface area contributed by atoms with Gasteiger partial charge in [0.25, 0.3) is 0 Å². The van der Waals surface area contributed by atoms with E-state index < -0.39 is 0 Å². The maximum atomic E-state index is 7.40. The first kappa shape index (κ1) is 23.5. The summed E-state index contributed by atoms with van der Waals surface area (Å²) in [5, 5.41) is 10.5. The first-order valence-electron chi connectivity index (χ1n) is 9.18. The minimum Gasteiger partial charge on any atom is -0.281 e. The van der Waals surface area contributed by atoms with Crippen molar-refractivity contribution in [3.8, 4) is 0 Å². The molecule has 3 nitrogen and oxygen atoms in total. The van der Waals surface area contributed by atoms with Crippen LogP contribution in [0.3, 0.4) is 0 Å². The van der Waals surface area contributed by atoms with Crippen molar-refractivity contribution in [3.63, 3.8) is 0 Å². The van der Waals surface area contributed by atoms with E-state index >= 15 is 0 Å². The van der Waals surface area contributed by atoms with Crippen molar-refractivity contribution in [3.05, 3.63) is 76.4 Å². The van der Waals surface area contributed by atoms with Crippen LogP contribution in [0.2, 0.25) is 0 Å². The van der Waals surface area contributed by atoms with Crippen LogP contribution in [0.4, 0.5) is 0 Å². The van der Waals surface area contributed by atoms with Crippen LogP contribution in [0, 0.1) is 24.8 Å². The van der Waals surface area contributed by atoms with Gasteiger partial charge in [0, 0.05) is 5.56 Å². The molecule has 26 heavy (non-hydrogen) atoms. The number of allylic oxidation sites excluding steroid dienone is 1. The second-order valence-corrected chi connectivity index (χ2v) is 6.08. The molecule has 0 aliphatic rings. The molecular formula is C23H33N3. The lowest BCUT2D eigenvalue weighted by Crippen LogP contribution is -1.94. The highest BCUT2D eigenvalue weighted by Crippen LogP contribution is 2.13. The minimum absolute atomic E-state index is 0.00393. The molecule has 0 fully saturated rings. The average Bonchev–Trinajstić information content (AvgIpc) is 2.64. The fourth-order valence-corrected chi connectivity index (χ4v) is 2.14. The number of rotatable bonds is 3. The van der Waals surface area contributed by atoms with Crippen molar-refractivity contribution in [1.29, 1.82) is 10.9 Å². The minimum atomic E-state index is -0.00393. The molecule has 3 heteroatoms. The Bertz CT molecular complexity index is 715. The molecule has 0 heterocycles. The molecule has 0 saturated carbocycles. The molecule has 2 rings (SSSR count). The van der Waals surface area contributed by atoms with E-state index in [9.17, 15) is 0 Å². The predicted octanol–water partition coefficient (Wildman–Crippen LogP) is 7.36. The maximum absolute atomic E-state index is 7.40. The van der Waals surface area contributed by atoms with Gasteiger partial charge in [0.15, 0.2) is 5.84 Å². The predicted molar refractivity (Wildman–Crippen MR) is 114 cm³/mol. The van der Waals surface area contributed by atoms with Gasteiger partial charge in [-0.15, -0.1) is 5.11 Å². The largest absolute Gasteiger partial charge is 0.281 e. The van der Waals surface area contributed by atoms with Gasteiger partial charge in [0.2, 0.25) is 0 Å². The number of nitrogens with zero attached hydrogens (tertiary/aromatic N) is 1. The summed E-state index contributed by atoms with van der Waals surface area (Å²) < 4.78 is 0. The highest BCUT2D eigenvalue weighted by Gasteiger charge is 2.01. The van der Waals surface area contributed by atoms with Crippen LogP contribution in [0.15, 0.2) is 53.7 Å². The first-order chi connectivity index (χ1) is 12.4. The molecule has 140 valence electrons. The zero-order valence-electron chi connectivity index (χ0n) is 17.1. The first-order valence-corrected chi connectivity index (χ1v) is 9.18. The molecule has 0 amide bonds. The maximum Gasteiger partial charge on any atom is 0.173 e. The lowest BCUT2D eigenvalue weighted by molar-refractivity contribution is 1.09. The molecule has 2 aromatic rings. The number of aryl methyl sites for hydroxylation is 3. The normalized spacial score (nSPS) is 9.62. The van der Waals surface area contributed by atoms with E-state index in [1.54, 1.807) is 0 Å². The zero-order valence-corrected chi connectivity index (χ0v) is 17.1. The monoisotopic (exact) mass is 351 g/mol. The SMILES string of the molecule is C/C=C\c1cc(C(=N)N=N)ccc1C.CCC.CCc1cccc(C)c1. The molecule has 0 aromatic heterocycles. The van der Waals surface area contributed by atoms with Crippen molar-refractivity contribution in [2.24, 2.45) is 5.11 Å². The summed E-state index contributed by atoms with van der Waals surface area (Å²) in [5.41, 5.74) is 12.4. The number of amidine groups is 1. The Labute approximate surface area is 159 Å². The Balaban J connectivity index is 0.000000446. The number of benzene rings is 2. The molecule has 0 aliphatic carbocycles.